The molecule has 7 heteroatoms. The molecular weight excluding hydrogens is 365 g/mol. The normalized spacial score (nSPS) is 11.0. The number of carbonyl (C=O) groups is 1. The van der Waals surface area contributed by atoms with Crippen LogP contribution in [0, 0.1) is 0 Å². The molecule has 5 nitrogen and oxygen atoms in total. The molecular formula is C18H15Cl2NO4. The van der Waals surface area contributed by atoms with E-state index in [1.807, 2.05) is 6.07 Å². The summed E-state index contributed by atoms with van der Waals surface area (Å²) in [5.41, 5.74) is 1.69. The van der Waals surface area contributed by atoms with Crippen molar-refractivity contribution in [3.8, 4) is 5.75 Å². The minimum Gasteiger partial charge on any atom is -0.490 e. The zero-order valence-corrected chi connectivity index (χ0v) is 14.6. The number of carboxylic acid groups (broad SMARTS) is 1. The number of carboxylic acids is 1. The van der Waals surface area contributed by atoms with Crippen LogP contribution in [0.4, 0.5) is 0 Å². The van der Waals surface area contributed by atoms with Crippen LogP contribution in [0.15, 0.2) is 42.5 Å². The van der Waals surface area contributed by atoms with Gasteiger partial charge in [0.25, 0.3) is 0 Å². The van der Waals surface area contributed by atoms with Gasteiger partial charge in [0.2, 0.25) is 0 Å². The van der Waals surface area contributed by atoms with E-state index in [2.05, 4.69) is 0 Å². The number of aromatic carboxylic acids is 1. The van der Waals surface area contributed by atoms with E-state index in [1.54, 1.807) is 41.0 Å². The maximum Gasteiger partial charge on any atom is 0.352 e. The van der Waals surface area contributed by atoms with E-state index < -0.39 is 5.97 Å². The van der Waals surface area contributed by atoms with Crippen LogP contribution in [-0.2, 0) is 6.54 Å². The number of benzene rings is 2. The second kappa shape index (κ2) is 7.35. The van der Waals surface area contributed by atoms with Crippen LogP contribution >= 0.6 is 23.2 Å². The first-order valence-corrected chi connectivity index (χ1v) is 8.30. The van der Waals surface area contributed by atoms with Crippen molar-refractivity contribution < 1.29 is 19.7 Å². The van der Waals surface area contributed by atoms with E-state index >= 15 is 0 Å². The third-order valence-electron chi connectivity index (χ3n) is 3.80. The summed E-state index contributed by atoms with van der Waals surface area (Å²) in [5, 5.41) is 20.0. The highest BCUT2D eigenvalue weighted by atomic mass is 35.5. The molecule has 0 fully saturated rings. The number of aliphatic hydroxyl groups excluding tert-OH is 1. The SMILES string of the molecule is O=C(O)c1cc2c(OCCO)cccc2n1Cc1ccc(Cl)c(Cl)c1. The molecule has 2 aromatic carbocycles. The quantitative estimate of drug-likeness (QED) is 0.677. The van der Waals surface area contributed by atoms with Crippen molar-refractivity contribution in [2.45, 2.75) is 6.54 Å². The van der Waals surface area contributed by atoms with Gasteiger partial charge >= 0.3 is 5.97 Å². The van der Waals surface area contributed by atoms with Crippen molar-refractivity contribution in [2.24, 2.45) is 0 Å². The zero-order valence-electron chi connectivity index (χ0n) is 13.1. The summed E-state index contributed by atoms with van der Waals surface area (Å²) in [6, 6.07) is 12.1. The highest BCUT2D eigenvalue weighted by Gasteiger charge is 2.17. The van der Waals surface area contributed by atoms with E-state index in [0.717, 1.165) is 11.1 Å². The molecule has 0 radical (unpaired) electrons. The van der Waals surface area contributed by atoms with Crippen molar-refractivity contribution in [1.82, 2.24) is 4.57 Å². The summed E-state index contributed by atoms with van der Waals surface area (Å²) in [6.45, 7) is 0.344. The first-order valence-electron chi connectivity index (χ1n) is 7.54. The van der Waals surface area contributed by atoms with E-state index in [4.69, 9.17) is 33.0 Å². The molecule has 0 spiro atoms. The van der Waals surface area contributed by atoms with Gasteiger partial charge in [0.1, 0.15) is 18.1 Å². The monoisotopic (exact) mass is 379 g/mol. The van der Waals surface area contributed by atoms with Crippen LogP contribution in [0.2, 0.25) is 10.0 Å². The van der Waals surface area contributed by atoms with Crippen molar-refractivity contribution in [3.63, 3.8) is 0 Å². The average molecular weight is 380 g/mol. The maximum atomic E-state index is 11.7. The number of aliphatic hydroxyl groups is 1. The number of hydrogen-bond acceptors (Lipinski definition) is 3. The minimum atomic E-state index is -1.04. The molecule has 0 amide bonds. The predicted octanol–water partition coefficient (Wildman–Crippen LogP) is 4.07. The molecule has 0 atom stereocenters. The molecule has 25 heavy (non-hydrogen) atoms. The summed E-state index contributed by atoms with van der Waals surface area (Å²) in [4.78, 5) is 11.7. The van der Waals surface area contributed by atoms with Gasteiger partial charge < -0.3 is 19.5 Å². The lowest BCUT2D eigenvalue weighted by Crippen LogP contribution is -2.09. The standard InChI is InChI=1S/C18H15Cl2NO4/c19-13-5-4-11(8-14(13)20)10-21-15-2-1-3-17(25-7-6-22)12(15)9-16(21)18(23)24/h1-5,8-9,22H,6-7,10H2,(H,23,24). The van der Waals surface area contributed by atoms with Gasteiger partial charge in [-0.3, -0.25) is 0 Å². The smallest absolute Gasteiger partial charge is 0.352 e. The van der Waals surface area contributed by atoms with E-state index in [-0.39, 0.29) is 18.9 Å². The lowest BCUT2D eigenvalue weighted by molar-refractivity contribution is 0.0686. The summed E-state index contributed by atoms with van der Waals surface area (Å²) in [7, 11) is 0. The van der Waals surface area contributed by atoms with Gasteiger partial charge in [0.05, 0.1) is 22.2 Å². The second-order valence-electron chi connectivity index (χ2n) is 5.43. The Bertz CT molecular complexity index is 936. The number of ether oxygens (including phenoxy) is 1. The van der Waals surface area contributed by atoms with Crippen molar-refractivity contribution in [3.05, 3.63) is 63.8 Å². The van der Waals surface area contributed by atoms with Crippen LogP contribution in [0.3, 0.4) is 0 Å². The van der Waals surface area contributed by atoms with E-state index in [1.165, 1.54) is 0 Å². The Morgan fingerprint density at radius 1 is 1.12 bits per heavy atom. The van der Waals surface area contributed by atoms with Gasteiger partial charge in [-0.25, -0.2) is 4.79 Å². The molecule has 2 N–H and O–H groups in total. The second-order valence-corrected chi connectivity index (χ2v) is 6.24. The Kier molecular flexibility index (Phi) is 5.18. The van der Waals surface area contributed by atoms with E-state index in [0.29, 0.717) is 27.7 Å². The highest BCUT2D eigenvalue weighted by molar-refractivity contribution is 6.42. The molecule has 1 heterocycles. The number of hydrogen-bond donors (Lipinski definition) is 2. The molecule has 0 aliphatic heterocycles. The summed E-state index contributed by atoms with van der Waals surface area (Å²) in [5.74, 6) is -0.508. The Balaban J connectivity index is 2.10. The number of fused-ring (bicyclic) bond motifs is 1. The maximum absolute atomic E-state index is 11.7. The molecule has 0 bridgehead atoms. The molecule has 3 aromatic rings. The Labute approximate surface area is 154 Å². The molecule has 0 aliphatic rings. The van der Waals surface area contributed by atoms with Gasteiger partial charge in [0.15, 0.2) is 0 Å². The van der Waals surface area contributed by atoms with Gasteiger partial charge in [-0.05, 0) is 35.9 Å². The fourth-order valence-corrected chi connectivity index (χ4v) is 3.03. The van der Waals surface area contributed by atoms with Crippen LogP contribution < -0.4 is 4.74 Å². The number of halogens is 2. The molecule has 3 rings (SSSR count). The summed E-state index contributed by atoms with van der Waals surface area (Å²) < 4.78 is 7.19. The number of rotatable bonds is 6. The fraction of sp³-hybridized carbons (Fsp3) is 0.167. The lowest BCUT2D eigenvalue weighted by Gasteiger charge is -2.10. The Morgan fingerprint density at radius 3 is 2.60 bits per heavy atom. The fourth-order valence-electron chi connectivity index (χ4n) is 2.71. The summed E-state index contributed by atoms with van der Waals surface area (Å²) in [6.07, 6.45) is 0. The van der Waals surface area contributed by atoms with Crippen LogP contribution in [0.25, 0.3) is 10.9 Å². The third kappa shape index (κ3) is 3.58. The predicted molar refractivity (Wildman–Crippen MR) is 97.0 cm³/mol. The van der Waals surface area contributed by atoms with Crippen LogP contribution in [0.5, 0.6) is 5.75 Å². The lowest BCUT2D eigenvalue weighted by atomic mass is 10.2. The third-order valence-corrected chi connectivity index (χ3v) is 4.54. The average Bonchev–Trinajstić information content (AvgIpc) is 2.96. The van der Waals surface area contributed by atoms with Gasteiger partial charge in [0, 0.05) is 11.9 Å². The Hall–Kier alpha value is -2.21. The topological polar surface area (TPSA) is 71.7 Å². The summed E-state index contributed by atoms with van der Waals surface area (Å²) >= 11 is 12.0. The molecule has 0 saturated carbocycles. The van der Waals surface area contributed by atoms with Crippen LogP contribution in [-0.4, -0.2) is 34.0 Å². The van der Waals surface area contributed by atoms with E-state index in [9.17, 15) is 9.90 Å². The first kappa shape index (κ1) is 17.6. The zero-order chi connectivity index (χ0) is 18.0. The van der Waals surface area contributed by atoms with Gasteiger partial charge in [-0.15, -0.1) is 0 Å². The molecule has 0 saturated heterocycles. The number of nitrogens with zero attached hydrogens (tertiary/aromatic N) is 1. The molecule has 0 unspecified atom stereocenters. The highest BCUT2D eigenvalue weighted by Crippen LogP contribution is 2.30. The number of aromatic nitrogens is 1. The van der Waals surface area contributed by atoms with Crippen molar-refractivity contribution in [2.75, 3.05) is 13.2 Å². The Morgan fingerprint density at radius 2 is 1.92 bits per heavy atom. The molecule has 130 valence electrons. The minimum absolute atomic E-state index is 0.119. The molecule has 1 aromatic heterocycles. The van der Waals surface area contributed by atoms with Crippen molar-refractivity contribution in [1.29, 1.82) is 0 Å². The van der Waals surface area contributed by atoms with Crippen LogP contribution in [0.1, 0.15) is 16.1 Å². The van der Waals surface area contributed by atoms with Crippen molar-refractivity contribution >= 4 is 40.1 Å². The largest absolute Gasteiger partial charge is 0.490 e. The van der Waals surface area contributed by atoms with Gasteiger partial charge in [-0.1, -0.05) is 35.3 Å². The first-order chi connectivity index (χ1) is 12.0. The molecule has 0 aliphatic carbocycles. The van der Waals surface area contributed by atoms with Gasteiger partial charge in [-0.2, -0.15) is 0 Å².